The molecule has 0 spiro atoms. The Hall–Kier alpha value is -1.88. The average molecular weight is 499 g/mol. The van der Waals surface area contributed by atoms with Crippen molar-refractivity contribution < 1.29 is 0 Å². The molecule has 0 saturated heterocycles. The molecule has 0 bridgehead atoms. The quantitative estimate of drug-likeness (QED) is 0.310. The van der Waals surface area contributed by atoms with Gasteiger partial charge < -0.3 is 19.9 Å². The predicted molar refractivity (Wildman–Crippen MR) is 124 cm³/mol. The van der Waals surface area contributed by atoms with Crippen molar-refractivity contribution in [2.24, 2.45) is 4.99 Å². The number of nitrogens with zero attached hydrogens (tertiary/aromatic N) is 5. The van der Waals surface area contributed by atoms with Crippen LogP contribution in [0.3, 0.4) is 0 Å². The Labute approximate surface area is 181 Å². The van der Waals surface area contributed by atoms with E-state index in [1.807, 2.05) is 31.3 Å². The van der Waals surface area contributed by atoms with Gasteiger partial charge in [0.25, 0.3) is 0 Å². The first-order chi connectivity index (χ1) is 12.6. The van der Waals surface area contributed by atoms with Crippen LogP contribution >= 0.6 is 35.3 Å². The van der Waals surface area contributed by atoms with E-state index in [0.717, 1.165) is 41.1 Å². The average Bonchev–Trinajstić information content (AvgIpc) is 3.25. The van der Waals surface area contributed by atoms with Crippen LogP contribution in [0.5, 0.6) is 0 Å². The molecule has 0 aliphatic heterocycles. The molecule has 0 radical (unpaired) electrons. The number of hydrogen-bond acceptors (Lipinski definition) is 5. The van der Waals surface area contributed by atoms with Gasteiger partial charge >= 0.3 is 0 Å². The summed E-state index contributed by atoms with van der Waals surface area (Å²) in [5.74, 6) is 0.768. The van der Waals surface area contributed by atoms with Crippen molar-refractivity contribution in [1.29, 1.82) is 0 Å². The molecule has 9 heteroatoms. The first-order valence-electron chi connectivity index (χ1n) is 8.56. The van der Waals surface area contributed by atoms with E-state index < -0.39 is 0 Å². The molecule has 0 unspecified atom stereocenters. The van der Waals surface area contributed by atoms with Gasteiger partial charge in [-0.15, -0.1) is 35.3 Å². The number of aryl methyl sites for hydroxylation is 1. The second kappa shape index (κ2) is 9.88. The molecule has 0 saturated carbocycles. The maximum absolute atomic E-state index is 4.70. The van der Waals surface area contributed by atoms with Crippen molar-refractivity contribution in [2.45, 2.75) is 19.9 Å². The maximum atomic E-state index is 4.70. The topological polar surface area (TPSA) is 69.8 Å². The molecule has 146 valence electrons. The van der Waals surface area contributed by atoms with Crippen LogP contribution in [0.25, 0.3) is 5.65 Å². The highest BCUT2D eigenvalue weighted by atomic mass is 127. The lowest BCUT2D eigenvalue weighted by molar-refractivity contribution is 0.779. The molecule has 0 fully saturated rings. The lowest BCUT2D eigenvalue weighted by Crippen LogP contribution is -2.38. The minimum absolute atomic E-state index is 0. The van der Waals surface area contributed by atoms with Crippen molar-refractivity contribution in [2.75, 3.05) is 32.6 Å². The molecule has 3 rings (SSSR count). The third-order valence-corrected chi connectivity index (χ3v) is 5.04. The van der Waals surface area contributed by atoms with Crippen LogP contribution in [0.2, 0.25) is 0 Å². The second-order valence-corrected chi connectivity index (χ2v) is 7.11. The van der Waals surface area contributed by atoms with Crippen LogP contribution in [0.1, 0.15) is 17.0 Å². The van der Waals surface area contributed by atoms with E-state index in [0.29, 0.717) is 6.54 Å². The Balaban J connectivity index is 0.00000261. The monoisotopic (exact) mass is 499 g/mol. The third kappa shape index (κ3) is 5.55. The SMILES string of the molecule is CN=C(NCCc1cn2cccc(C)c2n1)NCc1csc(N(C)C)n1.I. The molecule has 0 amide bonds. The smallest absolute Gasteiger partial charge is 0.191 e. The molecule has 3 heterocycles. The molecular weight excluding hydrogens is 473 g/mol. The Kier molecular flexibility index (Phi) is 7.84. The Morgan fingerprint density at radius 3 is 2.74 bits per heavy atom. The summed E-state index contributed by atoms with van der Waals surface area (Å²) in [6, 6.07) is 4.12. The maximum Gasteiger partial charge on any atom is 0.191 e. The van der Waals surface area contributed by atoms with Crippen LogP contribution in [-0.2, 0) is 13.0 Å². The molecule has 7 nitrogen and oxygen atoms in total. The number of anilines is 1. The zero-order valence-corrected chi connectivity index (χ0v) is 19.2. The number of halogens is 1. The van der Waals surface area contributed by atoms with Crippen molar-refractivity contribution in [3.63, 3.8) is 0 Å². The van der Waals surface area contributed by atoms with Crippen LogP contribution in [-0.4, -0.2) is 48.0 Å². The lowest BCUT2D eigenvalue weighted by Gasteiger charge is -2.10. The second-order valence-electron chi connectivity index (χ2n) is 6.27. The molecule has 27 heavy (non-hydrogen) atoms. The highest BCUT2D eigenvalue weighted by molar-refractivity contribution is 14.0. The van der Waals surface area contributed by atoms with Crippen molar-refractivity contribution in [3.05, 3.63) is 46.9 Å². The number of fused-ring (bicyclic) bond motifs is 1. The number of aliphatic imine (C=N–C) groups is 1. The zero-order chi connectivity index (χ0) is 18.5. The van der Waals surface area contributed by atoms with Crippen LogP contribution in [0, 0.1) is 6.92 Å². The van der Waals surface area contributed by atoms with Gasteiger partial charge in [-0.3, -0.25) is 4.99 Å². The Morgan fingerprint density at radius 2 is 2.07 bits per heavy atom. The number of rotatable bonds is 6. The third-order valence-electron chi connectivity index (χ3n) is 3.98. The number of nitrogens with one attached hydrogen (secondary N) is 2. The normalized spacial score (nSPS) is 11.3. The predicted octanol–water partition coefficient (Wildman–Crippen LogP) is 2.69. The van der Waals surface area contributed by atoms with E-state index >= 15 is 0 Å². The van der Waals surface area contributed by atoms with E-state index in [9.17, 15) is 0 Å². The van der Waals surface area contributed by atoms with Gasteiger partial charge in [0, 0.05) is 51.9 Å². The van der Waals surface area contributed by atoms with E-state index in [-0.39, 0.29) is 24.0 Å². The van der Waals surface area contributed by atoms with E-state index in [4.69, 9.17) is 4.98 Å². The van der Waals surface area contributed by atoms with E-state index in [1.54, 1.807) is 18.4 Å². The molecule has 3 aromatic heterocycles. The lowest BCUT2D eigenvalue weighted by atomic mass is 10.3. The van der Waals surface area contributed by atoms with Crippen LogP contribution in [0.4, 0.5) is 5.13 Å². The Bertz CT molecular complexity index is 900. The molecular formula is C18H26IN7S. The van der Waals surface area contributed by atoms with Gasteiger partial charge in [-0.05, 0) is 18.6 Å². The van der Waals surface area contributed by atoms with E-state index in [1.165, 1.54) is 5.56 Å². The van der Waals surface area contributed by atoms with Gasteiger partial charge in [-0.1, -0.05) is 6.07 Å². The minimum Gasteiger partial charge on any atom is -0.356 e. The fourth-order valence-corrected chi connectivity index (χ4v) is 3.37. The summed E-state index contributed by atoms with van der Waals surface area (Å²) in [7, 11) is 5.77. The van der Waals surface area contributed by atoms with Crippen molar-refractivity contribution >= 4 is 52.1 Å². The molecule has 0 atom stereocenters. The summed E-state index contributed by atoms with van der Waals surface area (Å²) in [4.78, 5) is 15.5. The summed E-state index contributed by atoms with van der Waals surface area (Å²) in [6.07, 6.45) is 4.95. The Morgan fingerprint density at radius 1 is 1.26 bits per heavy atom. The highest BCUT2D eigenvalue weighted by Gasteiger charge is 2.06. The fraction of sp³-hybridized carbons (Fsp3) is 0.389. The van der Waals surface area contributed by atoms with Gasteiger partial charge in [-0.25, -0.2) is 9.97 Å². The van der Waals surface area contributed by atoms with Crippen molar-refractivity contribution in [3.8, 4) is 0 Å². The number of aromatic nitrogens is 3. The number of thiazole rings is 1. The molecule has 3 aromatic rings. The molecule has 2 N–H and O–H groups in total. The summed E-state index contributed by atoms with van der Waals surface area (Å²) in [6.45, 7) is 3.50. The molecule has 0 aliphatic carbocycles. The standard InChI is InChI=1S/C18H25N7S.HI/c1-13-6-5-9-25-11-14(22-16(13)25)7-8-20-17(19-2)21-10-15-12-26-18(23-15)24(3)4;/h5-6,9,11-12H,7-8,10H2,1-4H3,(H2,19,20,21);1H. The number of imidazole rings is 1. The van der Waals surface area contributed by atoms with Crippen LogP contribution in [0.15, 0.2) is 34.9 Å². The number of hydrogen-bond donors (Lipinski definition) is 2. The van der Waals surface area contributed by atoms with Gasteiger partial charge in [0.05, 0.1) is 17.9 Å². The largest absolute Gasteiger partial charge is 0.356 e. The summed E-state index contributed by atoms with van der Waals surface area (Å²) < 4.78 is 2.07. The first kappa shape index (κ1) is 21.4. The summed E-state index contributed by atoms with van der Waals surface area (Å²) >= 11 is 1.64. The summed E-state index contributed by atoms with van der Waals surface area (Å²) in [5, 5.41) is 9.70. The highest BCUT2D eigenvalue weighted by Crippen LogP contribution is 2.17. The van der Waals surface area contributed by atoms with E-state index in [2.05, 4.69) is 49.6 Å². The van der Waals surface area contributed by atoms with Gasteiger partial charge in [-0.2, -0.15) is 0 Å². The van der Waals surface area contributed by atoms with Crippen molar-refractivity contribution in [1.82, 2.24) is 25.0 Å². The van der Waals surface area contributed by atoms with Crippen LogP contribution < -0.4 is 15.5 Å². The molecule has 0 aliphatic rings. The number of pyridine rings is 1. The van der Waals surface area contributed by atoms with Gasteiger partial charge in [0.15, 0.2) is 11.1 Å². The minimum atomic E-state index is 0. The number of guanidine groups is 1. The summed E-state index contributed by atoms with van der Waals surface area (Å²) in [5.41, 5.74) is 4.28. The van der Waals surface area contributed by atoms with Gasteiger partial charge in [0.2, 0.25) is 0 Å². The molecule has 0 aromatic carbocycles. The zero-order valence-electron chi connectivity index (χ0n) is 16.1. The fourth-order valence-electron chi connectivity index (χ4n) is 2.61. The first-order valence-corrected chi connectivity index (χ1v) is 9.44. The van der Waals surface area contributed by atoms with Gasteiger partial charge in [0.1, 0.15) is 5.65 Å².